The molecule has 1 aromatic heterocycles. The van der Waals surface area contributed by atoms with E-state index < -0.39 is 0 Å². The fourth-order valence-electron chi connectivity index (χ4n) is 1.56. The molecule has 0 bridgehead atoms. The summed E-state index contributed by atoms with van der Waals surface area (Å²) in [6, 6.07) is 5.54. The zero-order chi connectivity index (χ0) is 12.4. The minimum Gasteiger partial charge on any atom is -0.497 e. The summed E-state index contributed by atoms with van der Waals surface area (Å²) in [6.45, 7) is 1.87. The third kappa shape index (κ3) is 2.25. The maximum atomic E-state index is 7.14. The number of hydrogen-bond acceptors (Lipinski definition) is 4. The van der Waals surface area contributed by atoms with Gasteiger partial charge in [0.2, 0.25) is 5.95 Å². The fourth-order valence-corrected chi connectivity index (χ4v) is 1.56. The van der Waals surface area contributed by atoms with E-state index in [0.29, 0.717) is 5.95 Å². The summed E-state index contributed by atoms with van der Waals surface area (Å²) in [6.07, 6.45) is 0. The average Bonchev–Trinajstić information content (AvgIpc) is 2.28. The van der Waals surface area contributed by atoms with Crippen LogP contribution in [0.25, 0.3) is 10.9 Å². The molecule has 2 rings (SSSR count). The molecule has 1 heterocycles. The smallest absolute Gasteiger partial charge is 0.230 e. The Bertz CT molecular complexity index is 581. The molecule has 0 spiro atoms. The second kappa shape index (κ2) is 4.25. The number of aromatic nitrogens is 2. The molecule has 0 aliphatic rings. The van der Waals surface area contributed by atoms with Gasteiger partial charge in [0.15, 0.2) is 5.96 Å². The first-order valence-corrected chi connectivity index (χ1v) is 5.03. The van der Waals surface area contributed by atoms with Crippen LogP contribution >= 0.6 is 0 Å². The highest BCUT2D eigenvalue weighted by Crippen LogP contribution is 2.22. The molecule has 6 nitrogen and oxygen atoms in total. The van der Waals surface area contributed by atoms with Gasteiger partial charge >= 0.3 is 0 Å². The van der Waals surface area contributed by atoms with Crippen LogP contribution < -0.4 is 15.8 Å². The number of guanidine groups is 1. The molecule has 0 saturated carbocycles. The molecule has 0 saturated heterocycles. The van der Waals surface area contributed by atoms with E-state index in [1.165, 1.54) is 0 Å². The van der Waals surface area contributed by atoms with E-state index in [-0.39, 0.29) is 5.96 Å². The van der Waals surface area contributed by atoms with Crippen molar-refractivity contribution in [3.63, 3.8) is 0 Å². The molecule has 0 amide bonds. The molecule has 17 heavy (non-hydrogen) atoms. The summed E-state index contributed by atoms with van der Waals surface area (Å²) < 4.78 is 5.15. The van der Waals surface area contributed by atoms with Gasteiger partial charge in [-0.15, -0.1) is 0 Å². The van der Waals surface area contributed by atoms with Gasteiger partial charge in [-0.25, -0.2) is 9.97 Å². The van der Waals surface area contributed by atoms with Crippen LogP contribution in [-0.2, 0) is 0 Å². The van der Waals surface area contributed by atoms with Crippen molar-refractivity contribution in [3.05, 3.63) is 23.9 Å². The van der Waals surface area contributed by atoms with Crippen molar-refractivity contribution < 1.29 is 4.74 Å². The number of rotatable bonds is 2. The lowest BCUT2D eigenvalue weighted by atomic mass is 10.2. The Labute approximate surface area is 98.3 Å². The lowest BCUT2D eigenvalue weighted by molar-refractivity contribution is 0.415. The molecule has 6 heteroatoms. The molecule has 0 unspecified atom stereocenters. The number of benzene rings is 1. The highest BCUT2D eigenvalue weighted by molar-refractivity contribution is 5.90. The second-order valence-corrected chi connectivity index (χ2v) is 3.55. The van der Waals surface area contributed by atoms with Crippen LogP contribution in [0.5, 0.6) is 5.75 Å². The van der Waals surface area contributed by atoms with Crippen molar-refractivity contribution in [1.29, 1.82) is 5.41 Å². The molecule has 0 aliphatic heterocycles. The molecular formula is C11H13N5O. The van der Waals surface area contributed by atoms with Gasteiger partial charge in [0.25, 0.3) is 0 Å². The summed E-state index contributed by atoms with van der Waals surface area (Å²) in [4.78, 5) is 8.47. The van der Waals surface area contributed by atoms with Gasteiger partial charge in [0.05, 0.1) is 18.3 Å². The normalized spacial score (nSPS) is 10.2. The largest absolute Gasteiger partial charge is 0.497 e. The molecule has 88 valence electrons. The summed E-state index contributed by atoms with van der Waals surface area (Å²) in [5, 5.41) is 10.6. The predicted octanol–water partition coefficient (Wildman–Crippen LogP) is 1.25. The van der Waals surface area contributed by atoms with Crippen molar-refractivity contribution in [1.82, 2.24) is 9.97 Å². The summed E-state index contributed by atoms with van der Waals surface area (Å²) >= 11 is 0. The Morgan fingerprint density at radius 1 is 1.41 bits per heavy atom. The first-order chi connectivity index (χ1) is 8.10. The molecule has 0 radical (unpaired) electrons. The van der Waals surface area contributed by atoms with Gasteiger partial charge in [-0.3, -0.25) is 10.7 Å². The summed E-state index contributed by atoms with van der Waals surface area (Å²) in [7, 11) is 1.61. The maximum absolute atomic E-state index is 7.14. The minimum absolute atomic E-state index is 0.183. The topological polar surface area (TPSA) is 96.9 Å². The van der Waals surface area contributed by atoms with E-state index >= 15 is 0 Å². The number of fused-ring (bicyclic) bond motifs is 1. The molecular weight excluding hydrogens is 218 g/mol. The van der Waals surface area contributed by atoms with Crippen molar-refractivity contribution in [2.45, 2.75) is 6.92 Å². The SMILES string of the molecule is COc1ccc2nc(NC(=N)N)nc(C)c2c1. The van der Waals surface area contributed by atoms with E-state index in [1.54, 1.807) is 7.11 Å². The highest BCUT2D eigenvalue weighted by atomic mass is 16.5. The molecule has 2 aromatic rings. The van der Waals surface area contributed by atoms with Gasteiger partial charge < -0.3 is 10.5 Å². The lowest BCUT2D eigenvalue weighted by Gasteiger charge is -2.07. The average molecular weight is 231 g/mol. The van der Waals surface area contributed by atoms with Gasteiger partial charge in [-0.1, -0.05) is 0 Å². The number of nitrogens with two attached hydrogens (primary N) is 1. The zero-order valence-corrected chi connectivity index (χ0v) is 9.61. The Balaban J connectivity index is 2.55. The van der Waals surface area contributed by atoms with Crippen LogP contribution in [-0.4, -0.2) is 23.0 Å². The quantitative estimate of drug-likeness (QED) is 0.534. The van der Waals surface area contributed by atoms with Gasteiger partial charge in [-0.2, -0.15) is 0 Å². The van der Waals surface area contributed by atoms with Crippen molar-refractivity contribution in [2.24, 2.45) is 5.73 Å². The molecule has 0 aliphatic carbocycles. The first-order valence-electron chi connectivity index (χ1n) is 5.03. The van der Waals surface area contributed by atoms with E-state index in [0.717, 1.165) is 22.3 Å². The summed E-state index contributed by atoms with van der Waals surface area (Å²) in [5.41, 5.74) is 6.82. The molecule has 0 atom stereocenters. The highest BCUT2D eigenvalue weighted by Gasteiger charge is 2.06. The Kier molecular flexibility index (Phi) is 2.78. The Hall–Kier alpha value is -2.37. The van der Waals surface area contributed by atoms with Crippen molar-refractivity contribution in [2.75, 3.05) is 12.4 Å². The molecule has 0 fully saturated rings. The standard InChI is InChI=1S/C11H13N5O/c1-6-8-5-7(17-2)3-4-9(8)15-11(14-6)16-10(12)13/h3-5H,1-2H3,(H4,12,13,14,15,16). The number of nitrogens with zero attached hydrogens (tertiary/aromatic N) is 2. The first kappa shape index (κ1) is 11.1. The number of ether oxygens (including phenoxy) is 1. The number of nitrogens with one attached hydrogen (secondary N) is 2. The zero-order valence-electron chi connectivity index (χ0n) is 9.61. The van der Waals surface area contributed by atoms with Crippen LogP contribution in [0.3, 0.4) is 0 Å². The van der Waals surface area contributed by atoms with Gasteiger partial charge in [0, 0.05) is 5.39 Å². The summed E-state index contributed by atoms with van der Waals surface area (Å²) in [5.74, 6) is 0.904. The van der Waals surface area contributed by atoms with Crippen molar-refractivity contribution in [3.8, 4) is 5.75 Å². The number of methoxy groups -OCH3 is 1. The maximum Gasteiger partial charge on any atom is 0.230 e. The van der Waals surface area contributed by atoms with E-state index in [1.807, 2.05) is 25.1 Å². The Morgan fingerprint density at radius 2 is 2.18 bits per heavy atom. The predicted molar refractivity (Wildman–Crippen MR) is 66.4 cm³/mol. The number of anilines is 1. The van der Waals surface area contributed by atoms with Crippen LogP contribution in [0, 0.1) is 12.3 Å². The van der Waals surface area contributed by atoms with E-state index in [9.17, 15) is 0 Å². The van der Waals surface area contributed by atoms with Crippen LogP contribution in [0.2, 0.25) is 0 Å². The second-order valence-electron chi connectivity index (χ2n) is 3.55. The van der Waals surface area contributed by atoms with Crippen molar-refractivity contribution >= 4 is 22.8 Å². The minimum atomic E-state index is -0.183. The van der Waals surface area contributed by atoms with E-state index in [4.69, 9.17) is 15.9 Å². The van der Waals surface area contributed by atoms with Crippen LogP contribution in [0.15, 0.2) is 18.2 Å². The van der Waals surface area contributed by atoms with E-state index in [2.05, 4.69) is 15.3 Å². The van der Waals surface area contributed by atoms with Crippen LogP contribution in [0.1, 0.15) is 5.69 Å². The van der Waals surface area contributed by atoms with Crippen LogP contribution in [0.4, 0.5) is 5.95 Å². The number of aryl methyl sites for hydroxylation is 1. The lowest BCUT2D eigenvalue weighted by Crippen LogP contribution is -2.22. The monoisotopic (exact) mass is 231 g/mol. The third-order valence-corrected chi connectivity index (χ3v) is 2.34. The fraction of sp³-hybridized carbons (Fsp3) is 0.182. The molecule has 1 aromatic carbocycles. The van der Waals surface area contributed by atoms with Gasteiger partial charge in [-0.05, 0) is 25.1 Å². The number of hydrogen-bond donors (Lipinski definition) is 3. The van der Waals surface area contributed by atoms with Gasteiger partial charge in [0.1, 0.15) is 5.75 Å². The third-order valence-electron chi connectivity index (χ3n) is 2.34. The molecule has 4 N–H and O–H groups in total. The Morgan fingerprint density at radius 3 is 2.82 bits per heavy atom.